The van der Waals surface area contributed by atoms with Gasteiger partial charge in [-0.1, -0.05) is 0 Å². The number of aryl methyl sites for hydroxylation is 1. The van der Waals surface area contributed by atoms with Crippen molar-refractivity contribution in [2.75, 3.05) is 25.5 Å². The van der Waals surface area contributed by atoms with E-state index in [-0.39, 0.29) is 5.91 Å². The Morgan fingerprint density at radius 1 is 1.44 bits per heavy atom. The Bertz CT molecular complexity index is 428. The Morgan fingerprint density at radius 2 is 2.22 bits per heavy atom. The predicted molar refractivity (Wildman–Crippen MR) is 72.0 cm³/mol. The highest BCUT2D eigenvalue weighted by molar-refractivity contribution is 5.92. The first-order chi connectivity index (χ1) is 8.69. The van der Waals surface area contributed by atoms with E-state index >= 15 is 0 Å². The van der Waals surface area contributed by atoms with Crippen LogP contribution in [0.3, 0.4) is 0 Å². The van der Waals surface area contributed by atoms with E-state index in [4.69, 9.17) is 4.74 Å². The van der Waals surface area contributed by atoms with Crippen molar-refractivity contribution in [2.24, 2.45) is 5.92 Å². The molecule has 1 saturated carbocycles. The number of nitrogens with one attached hydrogen (secondary N) is 2. The van der Waals surface area contributed by atoms with Crippen molar-refractivity contribution in [1.29, 1.82) is 0 Å². The Balaban J connectivity index is 1.80. The molecule has 1 aliphatic carbocycles. The molecule has 2 N–H and O–H groups in total. The summed E-state index contributed by atoms with van der Waals surface area (Å²) >= 11 is 0. The second kappa shape index (κ2) is 5.87. The van der Waals surface area contributed by atoms with Gasteiger partial charge in [0.15, 0.2) is 0 Å². The number of hydrogen-bond donors (Lipinski definition) is 2. The molecule has 0 heterocycles. The van der Waals surface area contributed by atoms with Gasteiger partial charge in [-0.2, -0.15) is 0 Å². The first kappa shape index (κ1) is 12.9. The lowest BCUT2D eigenvalue weighted by molar-refractivity contribution is -0.115. The van der Waals surface area contributed by atoms with Crippen molar-refractivity contribution >= 4 is 11.6 Å². The summed E-state index contributed by atoms with van der Waals surface area (Å²) in [5.41, 5.74) is 1.83. The molecule has 0 spiro atoms. The molecule has 4 nitrogen and oxygen atoms in total. The summed E-state index contributed by atoms with van der Waals surface area (Å²) in [5.74, 6) is 1.63. The number of carbonyl (C=O) groups is 1. The molecule has 98 valence electrons. The fourth-order valence-corrected chi connectivity index (χ4v) is 1.87. The molecule has 1 aliphatic rings. The fourth-order valence-electron chi connectivity index (χ4n) is 1.87. The van der Waals surface area contributed by atoms with Gasteiger partial charge in [0.05, 0.1) is 13.7 Å². The minimum atomic E-state index is 0.000201. The Hall–Kier alpha value is -1.55. The highest BCUT2D eigenvalue weighted by Gasteiger charge is 2.20. The molecule has 0 saturated heterocycles. The third kappa shape index (κ3) is 3.74. The van der Waals surface area contributed by atoms with Crippen molar-refractivity contribution < 1.29 is 9.53 Å². The zero-order valence-electron chi connectivity index (χ0n) is 11.0. The number of ether oxygens (including phenoxy) is 1. The summed E-state index contributed by atoms with van der Waals surface area (Å²) in [6, 6.07) is 5.63. The van der Waals surface area contributed by atoms with Gasteiger partial charge in [0.1, 0.15) is 5.75 Å². The van der Waals surface area contributed by atoms with Crippen molar-refractivity contribution in [3.05, 3.63) is 23.8 Å². The van der Waals surface area contributed by atoms with Crippen LogP contribution >= 0.6 is 0 Å². The van der Waals surface area contributed by atoms with E-state index in [1.807, 2.05) is 25.1 Å². The van der Waals surface area contributed by atoms with Crippen LogP contribution in [-0.4, -0.2) is 26.1 Å². The van der Waals surface area contributed by atoms with Gasteiger partial charge in [-0.05, 0) is 56.0 Å². The second-order valence-electron chi connectivity index (χ2n) is 4.81. The summed E-state index contributed by atoms with van der Waals surface area (Å²) in [4.78, 5) is 11.7. The number of hydrogen-bond acceptors (Lipinski definition) is 3. The van der Waals surface area contributed by atoms with Gasteiger partial charge in [-0.25, -0.2) is 0 Å². The van der Waals surface area contributed by atoms with Gasteiger partial charge in [0.25, 0.3) is 0 Å². The lowest BCUT2D eigenvalue weighted by atomic mass is 10.2. The largest absolute Gasteiger partial charge is 0.496 e. The average molecular weight is 248 g/mol. The molecule has 2 rings (SSSR count). The number of anilines is 1. The summed E-state index contributed by atoms with van der Waals surface area (Å²) in [5, 5.41) is 6.04. The first-order valence-electron chi connectivity index (χ1n) is 6.34. The topological polar surface area (TPSA) is 50.4 Å². The van der Waals surface area contributed by atoms with Crippen LogP contribution < -0.4 is 15.4 Å². The third-order valence-electron chi connectivity index (χ3n) is 3.09. The molecule has 0 bridgehead atoms. The number of methoxy groups -OCH3 is 1. The number of benzene rings is 1. The Kier molecular flexibility index (Phi) is 4.20. The van der Waals surface area contributed by atoms with Crippen LogP contribution in [0.25, 0.3) is 0 Å². The number of carbonyl (C=O) groups excluding carboxylic acids is 1. The van der Waals surface area contributed by atoms with Gasteiger partial charge in [0.2, 0.25) is 5.91 Å². The predicted octanol–water partition coefficient (Wildman–Crippen LogP) is 1.94. The maximum atomic E-state index is 11.7. The van der Waals surface area contributed by atoms with Gasteiger partial charge < -0.3 is 15.4 Å². The molecule has 0 aromatic heterocycles. The van der Waals surface area contributed by atoms with Crippen molar-refractivity contribution in [1.82, 2.24) is 5.32 Å². The number of rotatable bonds is 6. The van der Waals surface area contributed by atoms with Crippen LogP contribution in [0.15, 0.2) is 18.2 Å². The first-order valence-corrected chi connectivity index (χ1v) is 6.34. The third-order valence-corrected chi connectivity index (χ3v) is 3.09. The summed E-state index contributed by atoms with van der Waals surface area (Å²) in [7, 11) is 1.64. The van der Waals surface area contributed by atoms with Crippen LogP contribution in [0, 0.1) is 12.8 Å². The molecular formula is C14H20N2O2. The highest BCUT2D eigenvalue weighted by Crippen LogP contribution is 2.27. The van der Waals surface area contributed by atoms with E-state index < -0.39 is 0 Å². The Labute approximate surface area is 108 Å². The summed E-state index contributed by atoms with van der Waals surface area (Å²) < 4.78 is 5.18. The fraction of sp³-hybridized carbons (Fsp3) is 0.500. The molecular weight excluding hydrogens is 228 g/mol. The second-order valence-corrected chi connectivity index (χ2v) is 4.81. The smallest absolute Gasteiger partial charge is 0.238 e. The standard InChI is InChI=1S/C14H20N2O2/c1-10-7-12(5-6-13(10)18-2)16-14(17)9-15-8-11-3-4-11/h5-7,11,15H,3-4,8-9H2,1-2H3,(H,16,17). The van der Waals surface area contributed by atoms with E-state index in [0.29, 0.717) is 6.54 Å². The minimum absolute atomic E-state index is 0.000201. The van der Waals surface area contributed by atoms with Crippen LogP contribution in [0.4, 0.5) is 5.69 Å². The molecule has 1 amide bonds. The molecule has 0 aliphatic heterocycles. The zero-order valence-corrected chi connectivity index (χ0v) is 11.0. The number of amides is 1. The van der Waals surface area contributed by atoms with E-state index in [1.54, 1.807) is 7.11 Å². The Morgan fingerprint density at radius 3 is 2.83 bits per heavy atom. The van der Waals surface area contributed by atoms with E-state index in [1.165, 1.54) is 12.8 Å². The highest BCUT2D eigenvalue weighted by atomic mass is 16.5. The van der Waals surface area contributed by atoms with E-state index in [2.05, 4.69) is 10.6 Å². The van der Waals surface area contributed by atoms with Crippen LogP contribution in [0.1, 0.15) is 18.4 Å². The van der Waals surface area contributed by atoms with Crippen molar-refractivity contribution in [3.8, 4) is 5.75 Å². The van der Waals surface area contributed by atoms with Crippen LogP contribution in [-0.2, 0) is 4.79 Å². The normalized spacial score (nSPS) is 14.3. The molecule has 0 unspecified atom stereocenters. The molecule has 4 heteroatoms. The maximum absolute atomic E-state index is 11.7. The minimum Gasteiger partial charge on any atom is -0.496 e. The SMILES string of the molecule is COc1ccc(NC(=O)CNCC2CC2)cc1C. The molecule has 18 heavy (non-hydrogen) atoms. The molecule has 1 aromatic carbocycles. The molecule has 1 aromatic rings. The maximum Gasteiger partial charge on any atom is 0.238 e. The lowest BCUT2D eigenvalue weighted by Crippen LogP contribution is -2.29. The monoisotopic (exact) mass is 248 g/mol. The quantitative estimate of drug-likeness (QED) is 0.809. The summed E-state index contributed by atoms with van der Waals surface area (Å²) in [6.07, 6.45) is 2.60. The molecule has 1 fully saturated rings. The van der Waals surface area contributed by atoms with Gasteiger partial charge in [0, 0.05) is 5.69 Å². The average Bonchev–Trinajstić information content (AvgIpc) is 3.13. The van der Waals surface area contributed by atoms with E-state index in [9.17, 15) is 4.79 Å². The molecule has 0 atom stereocenters. The van der Waals surface area contributed by atoms with Gasteiger partial charge in [-0.3, -0.25) is 4.79 Å². The summed E-state index contributed by atoms with van der Waals surface area (Å²) in [6.45, 7) is 3.29. The molecule has 0 radical (unpaired) electrons. The van der Waals surface area contributed by atoms with Crippen LogP contribution in [0.2, 0.25) is 0 Å². The lowest BCUT2D eigenvalue weighted by Gasteiger charge is -2.09. The van der Waals surface area contributed by atoms with Crippen LogP contribution in [0.5, 0.6) is 5.75 Å². The van der Waals surface area contributed by atoms with Crippen molar-refractivity contribution in [3.63, 3.8) is 0 Å². The van der Waals surface area contributed by atoms with Gasteiger partial charge in [-0.15, -0.1) is 0 Å². The van der Waals surface area contributed by atoms with Gasteiger partial charge >= 0.3 is 0 Å². The zero-order chi connectivity index (χ0) is 13.0. The van der Waals surface area contributed by atoms with Crippen molar-refractivity contribution in [2.45, 2.75) is 19.8 Å². The van der Waals surface area contributed by atoms with E-state index in [0.717, 1.165) is 29.5 Å².